The summed E-state index contributed by atoms with van der Waals surface area (Å²) in [4.78, 5) is 8.48. The van der Waals surface area contributed by atoms with Crippen LogP contribution >= 0.6 is 0 Å². The summed E-state index contributed by atoms with van der Waals surface area (Å²) in [6.45, 7) is 4.22. The highest BCUT2D eigenvalue weighted by Gasteiger charge is 2.22. The Bertz CT molecular complexity index is 2460. The summed E-state index contributed by atoms with van der Waals surface area (Å²) in [7, 11) is 4.34. The van der Waals surface area contributed by atoms with Gasteiger partial charge in [0.15, 0.2) is 0 Å². The summed E-state index contributed by atoms with van der Waals surface area (Å²) in [6, 6.07) is 48.1. The van der Waals surface area contributed by atoms with Gasteiger partial charge in [0.2, 0.25) is 0 Å². The first-order chi connectivity index (χ1) is 23.5. The molecule has 234 valence electrons. The van der Waals surface area contributed by atoms with E-state index in [4.69, 9.17) is 0 Å². The molecule has 1 N–H and O–H groups in total. The third-order valence-electron chi connectivity index (χ3n) is 9.59. The Kier molecular flexibility index (Phi) is 7.34. The first-order valence-corrected chi connectivity index (χ1v) is 16.5. The Morgan fingerprint density at radius 2 is 1.29 bits per heavy atom. The predicted molar refractivity (Wildman–Crippen MR) is 207 cm³/mol. The zero-order valence-electron chi connectivity index (χ0n) is 27.8. The van der Waals surface area contributed by atoms with Gasteiger partial charge >= 0.3 is 0 Å². The minimum Gasteiger partial charge on any atom is -0.353 e. The van der Waals surface area contributed by atoms with E-state index in [0.29, 0.717) is 0 Å². The molecule has 0 spiro atoms. The third kappa shape index (κ3) is 4.85. The maximum absolute atomic E-state index is 3.84. The number of fused-ring (bicyclic) bond motifs is 7. The molecule has 2 heterocycles. The zero-order chi connectivity index (χ0) is 32.8. The van der Waals surface area contributed by atoms with E-state index in [2.05, 4.69) is 199 Å². The topological polar surface area (TPSA) is 27.2 Å². The van der Waals surface area contributed by atoms with E-state index < -0.39 is 0 Å². The van der Waals surface area contributed by atoms with E-state index in [-0.39, 0.29) is 0 Å². The van der Waals surface area contributed by atoms with E-state index in [1.54, 1.807) is 0 Å². The van der Waals surface area contributed by atoms with Crippen molar-refractivity contribution in [3.8, 4) is 11.1 Å². The number of anilines is 4. The van der Waals surface area contributed by atoms with Crippen molar-refractivity contribution < 1.29 is 0 Å². The van der Waals surface area contributed by atoms with Crippen LogP contribution in [-0.2, 0) is 7.05 Å². The number of nitrogens with one attached hydrogen (secondary N) is 1. The minimum absolute atomic E-state index is 1.09. The van der Waals surface area contributed by atoms with E-state index in [9.17, 15) is 0 Å². The number of hydrogen-bond acceptors (Lipinski definition) is 2. The van der Waals surface area contributed by atoms with Gasteiger partial charge in [0.1, 0.15) is 0 Å². The fourth-order valence-corrected chi connectivity index (χ4v) is 7.14. The summed E-state index contributed by atoms with van der Waals surface area (Å²) >= 11 is 0. The van der Waals surface area contributed by atoms with Crippen LogP contribution in [0.2, 0.25) is 0 Å². The third-order valence-corrected chi connectivity index (χ3v) is 9.59. The second kappa shape index (κ2) is 12.0. The average molecular weight is 623 g/mol. The number of benzene rings is 6. The molecule has 4 nitrogen and oxygen atoms in total. The summed E-state index contributed by atoms with van der Waals surface area (Å²) in [5.74, 6) is 0. The maximum Gasteiger partial charge on any atom is 0.0734 e. The van der Waals surface area contributed by atoms with Gasteiger partial charge in [0.05, 0.1) is 11.0 Å². The lowest BCUT2D eigenvalue weighted by Gasteiger charge is -2.29. The van der Waals surface area contributed by atoms with Gasteiger partial charge in [-0.15, -0.1) is 0 Å². The van der Waals surface area contributed by atoms with Crippen LogP contribution in [0.4, 0.5) is 22.7 Å². The molecule has 0 aliphatic heterocycles. The molecule has 0 atom stereocenters. The Morgan fingerprint density at radius 1 is 0.667 bits per heavy atom. The number of aromatic amines is 1. The van der Waals surface area contributed by atoms with Crippen LogP contribution in [0.25, 0.3) is 54.7 Å². The van der Waals surface area contributed by atoms with Gasteiger partial charge in [-0.1, -0.05) is 84.9 Å². The van der Waals surface area contributed by atoms with Crippen LogP contribution in [0.1, 0.15) is 13.8 Å². The molecule has 0 fully saturated rings. The molecule has 2 aromatic heterocycles. The molecule has 0 aliphatic rings. The summed E-state index contributed by atoms with van der Waals surface area (Å²) < 4.78 is 2.34. The fraction of sp³-hybridized carbons (Fsp3) is 0.0909. The number of rotatable bonds is 7. The first kappa shape index (κ1) is 29.4. The Hall–Kier alpha value is -6.00. The van der Waals surface area contributed by atoms with E-state index in [1.165, 1.54) is 38.1 Å². The molecule has 8 aromatic rings. The highest BCUT2D eigenvalue weighted by Crippen LogP contribution is 2.45. The summed E-state index contributed by atoms with van der Waals surface area (Å²) in [5, 5.41) is 4.96. The lowest BCUT2D eigenvalue weighted by atomic mass is 9.95. The molecule has 0 radical (unpaired) electrons. The van der Waals surface area contributed by atoms with E-state index >= 15 is 0 Å². The molecule has 0 saturated heterocycles. The van der Waals surface area contributed by atoms with Crippen LogP contribution in [0, 0.1) is 0 Å². The average Bonchev–Trinajstić information content (AvgIpc) is 3.66. The lowest BCUT2D eigenvalue weighted by Crippen LogP contribution is -2.16. The minimum atomic E-state index is 1.09. The Balaban J connectivity index is 1.48. The highest BCUT2D eigenvalue weighted by atomic mass is 15.2. The van der Waals surface area contributed by atoms with Gasteiger partial charge in [0, 0.05) is 75.1 Å². The normalized spacial score (nSPS) is 12.2. The number of aryl methyl sites for hydroxylation is 1. The van der Waals surface area contributed by atoms with Gasteiger partial charge in [-0.25, -0.2) is 0 Å². The van der Waals surface area contributed by atoms with Crippen molar-refractivity contribution in [1.82, 2.24) is 9.55 Å². The number of allylic oxidation sites excluding steroid dienone is 4. The van der Waals surface area contributed by atoms with Crippen LogP contribution in [0.3, 0.4) is 0 Å². The molecule has 0 amide bonds. The molecule has 8 rings (SSSR count). The SMILES string of the molecule is C/C=C\C=C(/C)N(C)c1cc(-c2cc3c4ccccc4n(C)c3c3[nH]c4ccccc4c23)cc(N(c2ccccc2)c2ccccc2)c1. The fourth-order valence-electron chi connectivity index (χ4n) is 7.14. The monoisotopic (exact) mass is 622 g/mol. The van der Waals surface area contributed by atoms with Crippen LogP contribution in [0.15, 0.2) is 157 Å². The van der Waals surface area contributed by atoms with Gasteiger partial charge in [-0.3, -0.25) is 0 Å². The molecule has 0 saturated carbocycles. The lowest BCUT2D eigenvalue weighted by molar-refractivity contribution is 1.02. The molecule has 6 aromatic carbocycles. The number of para-hydroxylation sites is 4. The van der Waals surface area contributed by atoms with Crippen molar-refractivity contribution in [2.45, 2.75) is 13.8 Å². The van der Waals surface area contributed by atoms with Crippen molar-refractivity contribution in [2.24, 2.45) is 7.05 Å². The van der Waals surface area contributed by atoms with Crippen molar-refractivity contribution in [3.63, 3.8) is 0 Å². The van der Waals surface area contributed by atoms with Crippen molar-refractivity contribution in [1.29, 1.82) is 0 Å². The number of nitrogens with zero attached hydrogens (tertiary/aromatic N) is 3. The standard InChI is InChI=1S/C44H38N4/c1-5-6-17-30(2)46(3)34-26-31(27-35(28-34)48(32-18-9-7-10-19-32)33-20-11-8-12-21-33)38-29-39-36-22-14-16-25-41(36)47(4)44(39)43-42(38)37-23-13-15-24-40(37)45-43/h5-29,45H,1-4H3/b6-5-,30-17+. The predicted octanol–water partition coefficient (Wildman–Crippen LogP) is 12.0. The molecule has 0 bridgehead atoms. The number of hydrogen-bond donors (Lipinski definition) is 1. The van der Waals surface area contributed by atoms with Crippen LogP contribution in [0.5, 0.6) is 0 Å². The van der Waals surface area contributed by atoms with Crippen molar-refractivity contribution >= 4 is 66.4 Å². The van der Waals surface area contributed by atoms with Gasteiger partial charge in [-0.05, 0) is 91.7 Å². The van der Waals surface area contributed by atoms with E-state index in [0.717, 1.165) is 45.0 Å². The molecular weight excluding hydrogens is 585 g/mol. The summed E-state index contributed by atoms with van der Waals surface area (Å²) in [6.07, 6.45) is 6.33. The smallest absolute Gasteiger partial charge is 0.0734 e. The second-order valence-corrected chi connectivity index (χ2v) is 12.5. The first-order valence-electron chi connectivity index (χ1n) is 16.5. The summed E-state index contributed by atoms with van der Waals surface area (Å²) in [5.41, 5.74) is 12.7. The highest BCUT2D eigenvalue weighted by molar-refractivity contribution is 6.26. The van der Waals surface area contributed by atoms with Crippen molar-refractivity contribution in [2.75, 3.05) is 16.8 Å². The number of H-pyrrole nitrogens is 1. The second-order valence-electron chi connectivity index (χ2n) is 12.5. The quantitative estimate of drug-likeness (QED) is 0.179. The molecular formula is C44H38N4. The molecule has 4 heteroatoms. The van der Waals surface area contributed by atoms with Gasteiger partial charge in [0.25, 0.3) is 0 Å². The zero-order valence-corrected chi connectivity index (χ0v) is 27.8. The van der Waals surface area contributed by atoms with Gasteiger partial charge in [-0.2, -0.15) is 0 Å². The van der Waals surface area contributed by atoms with E-state index in [1.807, 2.05) is 0 Å². The molecule has 0 aliphatic carbocycles. The van der Waals surface area contributed by atoms with Crippen LogP contribution in [-0.4, -0.2) is 16.6 Å². The maximum atomic E-state index is 3.84. The van der Waals surface area contributed by atoms with Gasteiger partial charge < -0.3 is 19.4 Å². The Morgan fingerprint density at radius 3 is 2.00 bits per heavy atom. The molecule has 48 heavy (non-hydrogen) atoms. The van der Waals surface area contributed by atoms with Crippen LogP contribution < -0.4 is 9.80 Å². The number of aromatic nitrogens is 2. The molecule has 0 unspecified atom stereocenters. The Labute approximate surface area is 281 Å². The van der Waals surface area contributed by atoms with Crippen molar-refractivity contribution in [3.05, 3.63) is 157 Å². The largest absolute Gasteiger partial charge is 0.353 e.